The molecule has 1 atom stereocenters. The maximum atomic E-state index is 11.8. The molecule has 0 bridgehead atoms. The number of nitrogens with one attached hydrogen (secondary N) is 2. The quantitative estimate of drug-likeness (QED) is 0.773. The van der Waals surface area contributed by atoms with E-state index in [1.807, 2.05) is 19.3 Å². The van der Waals surface area contributed by atoms with Crippen molar-refractivity contribution in [1.29, 1.82) is 0 Å². The zero-order valence-corrected chi connectivity index (χ0v) is 12.8. The predicted octanol–water partition coefficient (Wildman–Crippen LogP) is 0.414. The summed E-state index contributed by atoms with van der Waals surface area (Å²) in [4.78, 5) is 25.6. The highest BCUT2D eigenvalue weighted by atomic mass is 16.2. The Morgan fingerprint density at radius 1 is 1.24 bits per heavy atom. The minimum Gasteiger partial charge on any atom is -0.353 e. The van der Waals surface area contributed by atoms with E-state index in [0.717, 1.165) is 18.8 Å². The van der Waals surface area contributed by atoms with Crippen molar-refractivity contribution in [2.75, 3.05) is 26.2 Å². The summed E-state index contributed by atoms with van der Waals surface area (Å²) in [6.07, 6.45) is 4.38. The molecule has 6 nitrogen and oxygen atoms in total. The van der Waals surface area contributed by atoms with Gasteiger partial charge in [0, 0.05) is 32.0 Å². The van der Waals surface area contributed by atoms with E-state index in [2.05, 4.69) is 26.2 Å². The average Bonchev–Trinajstić information content (AvgIpc) is 3.12. The van der Waals surface area contributed by atoms with E-state index in [1.54, 1.807) is 6.92 Å². The summed E-state index contributed by atoms with van der Waals surface area (Å²) in [6, 6.07) is 4.19. The monoisotopic (exact) mass is 292 g/mol. The fourth-order valence-electron chi connectivity index (χ4n) is 2.80. The summed E-state index contributed by atoms with van der Waals surface area (Å²) in [5.41, 5.74) is 1.16. The first kappa shape index (κ1) is 15.6. The SMILES string of the molecule is CCNC(=O)C(=O)NCC(c1cccn1C)N1CCCC1. The predicted molar refractivity (Wildman–Crippen MR) is 80.7 cm³/mol. The molecule has 0 spiro atoms. The molecule has 1 aliphatic heterocycles. The summed E-state index contributed by atoms with van der Waals surface area (Å²) < 4.78 is 2.07. The van der Waals surface area contributed by atoms with Crippen LogP contribution in [0, 0.1) is 0 Å². The second-order valence-electron chi connectivity index (χ2n) is 5.37. The Morgan fingerprint density at radius 3 is 2.48 bits per heavy atom. The number of rotatable bonds is 5. The maximum Gasteiger partial charge on any atom is 0.309 e. The third-order valence-corrected chi connectivity index (χ3v) is 3.91. The minimum absolute atomic E-state index is 0.117. The molecule has 0 radical (unpaired) electrons. The molecule has 116 valence electrons. The highest BCUT2D eigenvalue weighted by Crippen LogP contribution is 2.24. The summed E-state index contributed by atoms with van der Waals surface area (Å²) in [5, 5.41) is 5.27. The van der Waals surface area contributed by atoms with Gasteiger partial charge in [0.25, 0.3) is 0 Å². The fraction of sp³-hybridized carbons (Fsp3) is 0.600. The second-order valence-corrected chi connectivity index (χ2v) is 5.37. The molecule has 6 heteroatoms. The van der Waals surface area contributed by atoms with E-state index in [-0.39, 0.29) is 6.04 Å². The Labute approximate surface area is 125 Å². The number of likely N-dealkylation sites (N-methyl/N-ethyl adjacent to an activating group) is 1. The standard InChI is InChI=1S/C15H24N4O2/c1-3-16-14(20)15(21)17-11-13(19-9-4-5-10-19)12-7-6-8-18(12)2/h6-8,13H,3-5,9-11H2,1-2H3,(H,16,20)(H,17,21). The van der Waals surface area contributed by atoms with Crippen LogP contribution >= 0.6 is 0 Å². The number of carbonyl (C=O) groups is 2. The summed E-state index contributed by atoms with van der Waals surface area (Å²) in [7, 11) is 2.00. The van der Waals surface area contributed by atoms with Gasteiger partial charge in [-0.1, -0.05) is 0 Å². The van der Waals surface area contributed by atoms with Crippen LogP contribution in [0.2, 0.25) is 0 Å². The van der Waals surface area contributed by atoms with Crippen LogP contribution in [-0.2, 0) is 16.6 Å². The molecule has 2 heterocycles. The van der Waals surface area contributed by atoms with E-state index in [1.165, 1.54) is 12.8 Å². The number of aryl methyl sites for hydroxylation is 1. The van der Waals surface area contributed by atoms with Gasteiger partial charge in [-0.15, -0.1) is 0 Å². The van der Waals surface area contributed by atoms with E-state index in [4.69, 9.17) is 0 Å². The van der Waals surface area contributed by atoms with Crippen LogP contribution in [0.5, 0.6) is 0 Å². The molecular formula is C15H24N4O2. The Hall–Kier alpha value is -1.82. The normalized spacial score (nSPS) is 16.7. The zero-order chi connectivity index (χ0) is 15.2. The first-order valence-corrected chi connectivity index (χ1v) is 7.54. The Morgan fingerprint density at radius 2 is 1.90 bits per heavy atom. The number of nitrogens with zero attached hydrogens (tertiary/aromatic N) is 2. The van der Waals surface area contributed by atoms with Crippen molar-refractivity contribution >= 4 is 11.8 Å². The lowest BCUT2D eigenvalue weighted by Crippen LogP contribution is -2.44. The first-order valence-electron chi connectivity index (χ1n) is 7.54. The van der Waals surface area contributed by atoms with Gasteiger partial charge in [-0.25, -0.2) is 0 Å². The molecule has 1 fully saturated rings. The smallest absolute Gasteiger partial charge is 0.309 e. The minimum atomic E-state index is -0.565. The van der Waals surface area contributed by atoms with Crippen LogP contribution in [0.15, 0.2) is 18.3 Å². The molecule has 1 aromatic heterocycles. The largest absolute Gasteiger partial charge is 0.353 e. The molecule has 2 N–H and O–H groups in total. The van der Waals surface area contributed by atoms with Gasteiger partial charge in [0.05, 0.1) is 6.04 Å². The van der Waals surface area contributed by atoms with E-state index < -0.39 is 11.8 Å². The molecule has 0 saturated carbocycles. The number of amides is 2. The maximum absolute atomic E-state index is 11.8. The summed E-state index contributed by atoms with van der Waals surface area (Å²) in [6.45, 7) is 4.77. The van der Waals surface area contributed by atoms with E-state index in [9.17, 15) is 9.59 Å². The average molecular weight is 292 g/mol. The van der Waals surface area contributed by atoms with E-state index >= 15 is 0 Å². The number of aromatic nitrogens is 1. The van der Waals surface area contributed by atoms with Crippen molar-refractivity contribution in [3.63, 3.8) is 0 Å². The van der Waals surface area contributed by atoms with Crippen LogP contribution in [0.4, 0.5) is 0 Å². The van der Waals surface area contributed by atoms with Crippen LogP contribution in [0.25, 0.3) is 0 Å². The van der Waals surface area contributed by atoms with Gasteiger partial charge >= 0.3 is 11.8 Å². The molecule has 0 aromatic carbocycles. The van der Waals surface area contributed by atoms with Crippen LogP contribution < -0.4 is 10.6 Å². The highest BCUT2D eigenvalue weighted by molar-refractivity contribution is 6.35. The number of hydrogen-bond donors (Lipinski definition) is 2. The van der Waals surface area contributed by atoms with Crippen molar-refractivity contribution in [1.82, 2.24) is 20.1 Å². The molecule has 2 amide bonds. The molecule has 1 aliphatic rings. The Kier molecular flexibility index (Phi) is 5.38. The summed E-state index contributed by atoms with van der Waals surface area (Å²) in [5.74, 6) is -1.13. The molecule has 21 heavy (non-hydrogen) atoms. The van der Waals surface area contributed by atoms with Gasteiger partial charge in [-0.2, -0.15) is 0 Å². The Bertz CT molecular complexity index is 492. The van der Waals surface area contributed by atoms with Crippen LogP contribution in [-0.4, -0.2) is 47.5 Å². The molecule has 2 rings (SSSR count). The highest BCUT2D eigenvalue weighted by Gasteiger charge is 2.26. The topological polar surface area (TPSA) is 66.4 Å². The van der Waals surface area contributed by atoms with Crippen molar-refractivity contribution in [2.24, 2.45) is 7.05 Å². The van der Waals surface area contributed by atoms with Gasteiger partial charge in [0.1, 0.15) is 0 Å². The second kappa shape index (κ2) is 7.26. The van der Waals surface area contributed by atoms with Crippen LogP contribution in [0.1, 0.15) is 31.5 Å². The van der Waals surface area contributed by atoms with Gasteiger partial charge < -0.3 is 15.2 Å². The van der Waals surface area contributed by atoms with Gasteiger partial charge in [-0.3, -0.25) is 14.5 Å². The first-order chi connectivity index (χ1) is 10.1. The Balaban J connectivity index is 2.01. The number of carbonyl (C=O) groups excluding carboxylic acids is 2. The zero-order valence-electron chi connectivity index (χ0n) is 12.8. The molecular weight excluding hydrogens is 268 g/mol. The third-order valence-electron chi connectivity index (χ3n) is 3.91. The molecule has 1 saturated heterocycles. The van der Waals surface area contributed by atoms with Crippen molar-refractivity contribution < 1.29 is 9.59 Å². The lowest BCUT2D eigenvalue weighted by atomic mass is 10.1. The van der Waals surface area contributed by atoms with Gasteiger partial charge in [0.2, 0.25) is 0 Å². The molecule has 1 aromatic rings. The third kappa shape index (κ3) is 3.85. The van der Waals surface area contributed by atoms with Crippen molar-refractivity contribution in [2.45, 2.75) is 25.8 Å². The van der Waals surface area contributed by atoms with Crippen molar-refractivity contribution in [3.05, 3.63) is 24.0 Å². The molecule has 1 unspecified atom stereocenters. The lowest BCUT2D eigenvalue weighted by molar-refractivity contribution is -0.139. The molecule has 0 aliphatic carbocycles. The van der Waals surface area contributed by atoms with Gasteiger partial charge in [0.15, 0.2) is 0 Å². The number of hydrogen-bond acceptors (Lipinski definition) is 3. The van der Waals surface area contributed by atoms with Crippen LogP contribution in [0.3, 0.4) is 0 Å². The summed E-state index contributed by atoms with van der Waals surface area (Å²) >= 11 is 0. The van der Waals surface area contributed by atoms with Crippen molar-refractivity contribution in [3.8, 4) is 0 Å². The number of likely N-dealkylation sites (tertiary alicyclic amines) is 1. The van der Waals surface area contributed by atoms with Gasteiger partial charge in [-0.05, 0) is 45.0 Å². The fourth-order valence-corrected chi connectivity index (χ4v) is 2.80. The van der Waals surface area contributed by atoms with E-state index in [0.29, 0.717) is 13.1 Å². The lowest BCUT2D eigenvalue weighted by Gasteiger charge is -2.28.